The molecule has 0 fully saturated rings. The van der Waals surface area contributed by atoms with E-state index in [2.05, 4.69) is 9.97 Å². The van der Waals surface area contributed by atoms with Gasteiger partial charge in [-0.25, -0.2) is 9.97 Å². The molecule has 0 spiro atoms. The Hall–Kier alpha value is -1.94. The van der Waals surface area contributed by atoms with Gasteiger partial charge in [0.1, 0.15) is 12.4 Å². The van der Waals surface area contributed by atoms with Crippen LogP contribution < -0.4 is 5.73 Å². The number of hydrogen-bond donors (Lipinski definition) is 2. The molecule has 76 valence electrons. The van der Waals surface area contributed by atoms with Crippen LogP contribution in [0.1, 0.15) is 17.4 Å². The zero-order chi connectivity index (χ0) is 10.7. The fraction of sp³-hybridized carbons (Fsp3) is 0.0909. The standard InChI is InChI=1S/C11H11N3O/c12-9-6-13-7-14-10(9)11(15)8-4-2-1-3-5-8/h1-7,11,15H,12H2. The van der Waals surface area contributed by atoms with Gasteiger partial charge >= 0.3 is 0 Å². The molecule has 3 N–H and O–H groups in total. The first kappa shape index (κ1) is 9.61. The summed E-state index contributed by atoms with van der Waals surface area (Å²) >= 11 is 0. The van der Waals surface area contributed by atoms with Crippen LogP contribution in [-0.2, 0) is 0 Å². The third-order valence-corrected chi connectivity index (χ3v) is 2.15. The van der Waals surface area contributed by atoms with E-state index >= 15 is 0 Å². The Morgan fingerprint density at radius 2 is 1.93 bits per heavy atom. The highest BCUT2D eigenvalue weighted by molar-refractivity contribution is 5.44. The van der Waals surface area contributed by atoms with Gasteiger partial charge in [0, 0.05) is 0 Å². The van der Waals surface area contributed by atoms with Gasteiger partial charge in [-0.2, -0.15) is 0 Å². The third-order valence-electron chi connectivity index (χ3n) is 2.15. The Labute approximate surface area is 87.4 Å². The van der Waals surface area contributed by atoms with Crippen molar-refractivity contribution in [2.45, 2.75) is 6.10 Å². The second-order valence-electron chi connectivity index (χ2n) is 3.18. The first-order valence-corrected chi connectivity index (χ1v) is 4.57. The minimum Gasteiger partial charge on any atom is -0.396 e. The van der Waals surface area contributed by atoms with Crippen molar-refractivity contribution in [3.8, 4) is 0 Å². The Morgan fingerprint density at radius 3 is 2.60 bits per heavy atom. The fourth-order valence-electron chi connectivity index (χ4n) is 1.37. The number of anilines is 1. The Morgan fingerprint density at radius 1 is 1.20 bits per heavy atom. The molecule has 1 unspecified atom stereocenters. The maximum absolute atomic E-state index is 10.0. The van der Waals surface area contributed by atoms with Gasteiger partial charge < -0.3 is 10.8 Å². The molecule has 0 aliphatic heterocycles. The molecule has 0 aliphatic carbocycles. The number of nitrogens with two attached hydrogens (primary N) is 1. The van der Waals surface area contributed by atoms with E-state index in [4.69, 9.17) is 5.73 Å². The lowest BCUT2D eigenvalue weighted by atomic mass is 10.1. The van der Waals surface area contributed by atoms with Gasteiger partial charge in [-0.3, -0.25) is 0 Å². The second kappa shape index (κ2) is 4.06. The van der Waals surface area contributed by atoms with Gasteiger partial charge in [0.25, 0.3) is 0 Å². The number of nitrogen functional groups attached to an aromatic ring is 1. The molecule has 4 nitrogen and oxygen atoms in total. The van der Waals surface area contributed by atoms with Crippen LogP contribution in [-0.4, -0.2) is 15.1 Å². The highest BCUT2D eigenvalue weighted by Gasteiger charge is 2.13. The monoisotopic (exact) mass is 201 g/mol. The zero-order valence-electron chi connectivity index (χ0n) is 8.04. The number of aliphatic hydroxyl groups excluding tert-OH is 1. The summed E-state index contributed by atoms with van der Waals surface area (Å²) in [5.41, 5.74) is 7.28. The number of rotatable bonds is 2. The van der Waals surface area contributed by atoms with E-state index in [-0.39, 0.29) is 0 Å². The summed E-state index contributed by atoms with van der Waals surface area (Å²) in [7, 11) is 0. The normalized spacial score (nSPS) is 12.3. The number of nitrogens with zero attached hydrogens (tertiary/aromatic N) is 2. The van der Waals surface area contributed by atoms with Crippen LogP contribution in [0.3, 0.4) is 0 Å². The molecule has 0 aliphatic rings. The van der Waals surface area contributed by atoms with E-state index in [1.807, 2.05) is 30.3 Å². The van der Waals surface area contributed by atoms with Crippen molar-refractivity contribution in [2.24, 2.45) is 0 Å². The fourth-order valence-corrected chi connectivity index (χ4v) is 1.37. The summed E-state index contributed by atoms with van der Waals surface area (Å²) < 4.78 is 0. The number of benzene rings is 1. The first-order valence-electron chi connectivity index (χ1n) is 4.57. The summed E-state index contributed by atoms with van der Waals surface area (Å²) in [5, 5.41) is 10.0. The van der Waals surface area contributed by atoms with Crippen molar-refractivity contribution in [1.82, 2.24) is 9.97 Å². The number of hydrogen-bond acceptors (Lipinski definition) is 4. The number of aliphatic hydroxyl groups is 1. The molecule has 4 heteroatoms. The average molecular weight is 201 g/mol. The lowest BCUT2D eigenvalue weighted by molar-refractivity contribution is 0.216. The average Bonchev–Trinajstić information content (AvgIpc) is 2.30. The van der Waals surface area contributed by atoms with Crippen LogP contribution in [0.4, 0.5) is 5.69 Å². The lowest BCUT2D eigenvalue weighted by Crippen LogP contribution is -2.06. The highest BCUT2D eigenvalue weighted by Crippen LogP contribution is 2.23. The van der Waals surface area contributed by atoms with Gasteiger partial charge in [-0.1, -0.05) is 30.3 Å². The molecule has 2 aromatic rings. The predicted octanol–water partition coefficient (Wildman–Crippen LogP) is 1.14. The maximum atomic E-state index is 10.0. The summed E-state index contributed by atoms with van der Waals surface area (Å²) in [6, 6.07) is 9.25. The molecule has 15 heavy (non-hydrogen) atoms. The summed E-state index contributed by atoms with van der Waals surface area (Å²) in [4.78, 5) is 7.74. The SMILES string of the molecule is Nc1cncnc1C(O)c1ccccc1. The van der Waals surface area contributed by atoms with Crippen LogP contribution in [0.2, 0.25) is 0 Å². The van der Waals surface area contributed by atoms with Gasteiger partial charge in [0.15, 0.2) is 0 Å². The first-order chi connectivity index (χ1) is 7.29. The maximum Gasteiger partial charge on any atom is 0.123 e. The van der Waals surface area contributed by atoms with Gasteiger partial charge in [0.2, 0.25) is 0 Å². The van der Waals surface area contributed by atoms with Crippen LogP contribution in [0, 0.1) is 0 Å². The Balaban J connectivity index is 2.37. The predicted molar refractivity (Wildman–Crippen MR) is 56.9 cm³/mol. The summed E-state index contributed by atoms with van der Waals surface area (Å²) in [6.07, 6.45) is 2.06. The lowest BCUT2D eigenvalue weighted by Gasteiger charge is -2.11. The van der Waals surface area contributed by atoms with Crippen molar-refractivity contribution >= 4 is 5.69 Å². The molecule has 0 radical (unpaired) electrons. The molecule has 0 bridgehead atoms. The Bertz CT molecular complexity index is 445. The molecule has 1 heterocycles. The molecule has 0 saturated carbocycles. The molecule has 0 saturated heterocycles. The minimum atomic E-state index is -0.797. The smallest absolute Gasteiger partial charge is 0.123 e. The summed E-state index contributed by atoms with van der Waals surface area (Å²) in [5.74, 6) is 0. The molecule has 2 rings (SSSR count). The Kier molecular flexibility index (Phi) is 2.60. The van der Waals surface area contributed by atoms with Gasteiger partial charge in [-0.15, -0.1) is 0 Å². The molecule has 0 amide bonds. The van der Waals surface area contributed by atoms with Crippen molar-refractivity contribution in [3.05, 3.63) is 54.1 Å². The second-order valence-corrected chi connectivity index (χ2v) is 3.18. The topological polar surface area (TPSA) is 72.0 Å². The quantitative estimate of drug-likeness (QED) is 0.764. The van der Waals surface area contributed by atoms with Crippen molar-refractivity contribution in [3.63, 3.8) is 0 Å². The van der Waals surface area contributed by atoms with E-state index in [1.165, 1.54) is 12.5 Å². The van der Waals surface area contributed by atoms with Crippen molar-refractivity contribution in [1.29, 1.82) is 0 Å². The van der Waals surface area contributed by atoms with Crippen LogP contribution in [0.15, 0.2) is 42.9 Å². The molecule has 1 atom stereocenters. The van der Waals surface area contributed by atoms with Crippen molar-refractivity contribution in [2.75, 3.05) is 5.73 Å². The van der Waals surface area contributed by atoms with Crippen molar-refractivity contribution < 1.29 is 5.11 Å². The number of aromatic nitrogens is 2. The van der Waals surface area contributed by atoms with Gasteiger partial charge in [0.05, 0.1) is 17.6 Å². The van der Waals surface area contributed by atoms with E-state index in [0.29, 0.717) is 11.4 Å². The molecule has 1 aromatic carbocycles. The third kappa shape index (κ3) is 1.94. The largest absolute Gasteiger partial charge is 0.396 e. The van der Waals surface area contributed by atoms with E-state index in [1.54, 1.807) is 0 Å². The zero-order valence-corrected chi connectivity index (χ0v) is 8.04. The summed E-state index contributed by atoms with van der Waals surface area (Å²) in [6.45, 7) is 0. The minimum absolute atomic E-state index is 0.397. The molecular formula is C11H11N3O. The van der Waals surface area contributed by atoms with E-state index in [9.17, 15) is 5.11 Å². The van der Waals surface area contributed by atoms with E-state index < -0.39 is 6.10 Å². The highest BCUT2D eigenvalue weighted by atomic mass is 16.3. The van der Waals surface area contributed by atoms with Crippen LogP contribution in [0.5, 0.6) is 0 Å². The molecule has 1 aromatic heterocycles. The van der Waals surface area contributed by atoms with E-state index in [0.717, 1.165) is 5.56 Å². The molecular weight excluding hydrogens is 190 g/mol. The van der Waals surface area contributed by atoms with Crippen LogP contribution >= 0.6 is 0 Å². The van der Waals surface area contributed by atoms with Gasteiger partial charge in [-0.05, 0) is 5.56 Å². The van der Waals surface area contributed by atoms with Crippen LogP contribution in [0.25, 0.3) is 0 Å².